The van der Waals surface area contributed by atoms with E-state index in [9.17, 15) is 10.2 Å². The summed E-state index contributed by atoms with van der Waals surface area (Å²) in [6.45, 7) is 0. The minimum absolute atomic E-state index is 0.0486. The molecule has 0 bridgehead atoms. The number of thiazole rings is 1. The van der Waals surface area contributed by atoms with Gasteiger partial charge in [-0.05, 0) is 30.3 Å². The maximum Gasteiger partial charge on any atom is 0.211 e. The van der Waals surface area contributed by atoms with Gasteiger partial charge in [0.15, 0.2) is 0 Å². The van der Waals surface area contributed by atoms with Crippen LogP contribution in [0.15, 0.2) is 52.7 Å². The van der Waals surface area contributed by atoms with Crippen molar-refractivity contribution in [2.45, 2.75) is 0 Å². The van der Waals surface area contributed by atoms with E-state index in [0.717, 1.165) is 15.0 Å². The van der Waals surface area contributed by atoms with E-state index in [0.29, 0.717) is 5.56 Å². The van der Waals surface area contributed by atoms with E-state index in [1.807, 2.05) is 35.9 Å². The molecule has 0 radical (unpaired) electrons. The van der Waals surface area contributed by atoms with Gasteiger partial charge in [0.25, 0.3) is 0 Å². The molecule has 5 nitrogen and oxygen atoms in total. The second kappa shape index (κ2) is 5.41. The van der Waals surface area contributed by atoms with E-state index in [1.54, 1.807) is 0 Å². The minimum Gasteiger partial charge on any atom is -0.508 e. The summed E-state index contributed by atoms with van der Waals surface area (Å²) in [4.78, 5) is 0.757. The number of phenolic OH excluding ortho intramolecular Hbond substituents is 2. The first-order valence-electron chi connectivity index (χ1n) is 6.29. The second-order valence-electron chi connectivity index (χ2n) is 4.50. The van der Waals surface area contributed by atoms with E-state index < -0.39 is 0 Å². The zero-order valence-electron chi connectivity index (χ0n) is 11.3. The fraction of sp³-hybridized carbons (Fsp3) is 0.0667. The molecule has 6 heteroatoms. The molecule has 2 aromatic carbocycles. The van der Waals surface area contributed by atoms with Crippen molar-refractivity contribution in [3.05, 3.63) is 52.8 Å². The van der Waals surface area contributed by atoms with Gasteiger partial charge < -0.3 is 14.8 Å². The van der Waals surface area contributed by atoms with Crippen molar-refractivity contribution < 1.29 is 10.2 Å². The summed E-state index contributed by atoms with van der Waals surface area (Å²) >= 11 is 1.54. The van der Waals surface area contributed by atoms with Crippen LogP contribution in [0.5, 0.6) is 11.5 Å². The quantitative estimate of drug-likeness (QED) is 0.434. The van der Waals surface area contributed by atoms with Gasteiger partial charge in [0.2, 0.25) is 4.80 Å². The van der Waals surface area contributed by atoms with Crippen LogP contribution in [0.2, 0.25) is 0 Å². The Bertz CT molecular complexity index is 893. The van der Waals surface area contributed by atoms with Crippen LogP contribution in [-0.2, 0) is 7.05 Å². The van der Waals surface area contributed by atoms with Crippen molar-refractivity contribution in [1.29, 1.82) is 0 Å². The Morgan fingerprint density at radius 2 is 1.95 bits per heavy atom. The van der Waals surface area contributed by atoms with E-state index in [4.69, 9.17) is 0 Å². The van der Waals surface area contributed by atoms with Gasteiger partial charge in [-0.3, -0.25) is 0 Å². The van der Waals surface area contributed by atoms with Gasteiger partial charge >= 0.3 is 0 Å². The Hall–Kier alpha value is -2.60. The molecule has 2 N–H and O–H groups in total. The highest BCUT2D eigenvalue weighted by molar-refractivity contribution is 7.16. The molecular formula is C15H13N3O2S. The zero-order chi connectivity index (χ0) is 14.8. The normalized spacial score (nSPS) is 12.5. The lowest BCUT2D eigenvalue weighted by molar-refractivity contribution is 0.459. The summed E-state index contributed by atoms with van der Waals surface area (Å²) in [6, 6.07) is 12.3. The third kappa shape index (κ3) is 2.66. The first-order valence-corrected chi connectivity index (χ1v) is 7.10. The number of aromatic nitrogens is 1. The fourth-order valence-corrected chi connectivity index (χ4v) is 2.94. The lowest BCUT2D eigenvalue weighted by atomic mass is 10.2. The van der Waals surface area contributed by atoms with Crippen LogP contribution in [0.25, 0.3) is 10.2 Å². The number of aromatic hydroxyl groups is 2. The number of phenols is 2. The Labute approximate surface area is 124 Å². The van der Waals surface area contributed by atoms with Gasteiger partial charge in [0.1, 0.15) is 11.5 Å². The minimum atomic E-state index is 0.0486. The molecule has 3 aromatic rings. The van der Waals surface area contributed by atoms with Crippen molar-refractivity contribution in [2.24, 2.45) is 17.3 Å². The van der Waals surface area contributed by atoms with E-state index >= 15 is 0 Å². The first kappa shape index (κ1) is 13.4. The Morgan fingerprint density at radius 1 is 1.14 bits per heavy atom. The van der Waals surface area contributed by atoms with E-state index in [-0.39, 0.29) is 11.5 Å². The first-order chi connectivity index (χ1) is 10.1. The topological polar surface area (TPSA) is 70.1 Å². The van der Waals surface area contributed by atoms with Crippen molar-refractivity contribution in [3.63, 3.8) is 0 Å². The van der Waals surface area contributed by atoms with Crippen molar-refractivity contribution >= 4 is 27.8 Å². The monoisotopic (exact) mass is 299 g/mol. The summed E-state index contributed by atoms with van der Waals surface area (Å²) < 4.78 is 3.09. The molecule has 0 saturated carbocycles. The third-order valence-corrected chi connectivity index (χ3v) is 4.17. The third-order valence-electron chi connectivity index (χ3n) is 3.07. The van der Waals surface area contributed by atoms with Crippen LogP contribution in [0.4, 0.5) is 0 Å². The highest BCUT2D eigenvalue weighted by Gasteiger charge is 2.01. The number of hydrogen-bond acceptors (Lipinski definition) is 5. The Balaban J connectivity index is 1.99. The number of nitrogens with zero attached hydrogens (tertiary/aromatic N) is 3. The van der Waals surface area contributed by atoms with Gasteiger partial charge in [-0.1, -0.05) is 23.5 Å². The molecule has 1 aromatic heterocycles. The van der Waals surface area contributed by atoms with Gasteiger partial charge in [0, 0.05) is 12.6 Å². The molecule has 0 fully saturated rings. The molecule has 0 saturated heterocycles. The number of fused-ring (bicyclic) bond motifs is 1. The zero-order valence-corrected chi connectivity index (χ0v) is 12.1. The molecule has 0 amide bonds. The molecule has 0 atom stereocenters. The maximum absolute atomic E-state index is 9.65. The van der Waals surface area contributed by atoms with Crippen LogP contribution >= 0.6 is 11.3 Å². The number of rotatable bonds is 2. The molecule has 0 aliphatic carbocycles. The molecule has 3 rings (SSSR count). The molecule has 0 spiro atoms. The van der Waals surface area contributed by atoms with E-state index in [1.165, 1.54) is 35.8 Å². The standard InChI is InChI=1S/C15H13N3O2S/c1-18-12-4-2-3-5-14(12)21-15(18)17-16-9-10-8-11(19)6-7-13(10)20/h2-9,19-20H,1H3. The Kier molecular flexibility index (Phi) is 3.45. The van der Waals surface area contributed by atoms with Crippen LogP contribution in [-0.4, -0.2) is 21.0 Å². The lowest BCUT2D eigenvalue weighted by Crippen LogP contribution is -2.08. The van der Waals surface area contributed by atoms with Crippen LogP contribution in [0, 0.1) is 0 Å². The summed E-state index contributed by atoms with van der Waals surface area (Å²) in [5.41, 5.74) is 1.51. The predicted octanol–water partition coefficient (Wildman–Crippen LogP) is 2.59. The molecule has 21 heavy (non-hydrogen) atoms. The molecule has 106 valence electrons. The summed E-state index contributed by atoms with van der Waals surface area (Å²) in [6.07, 6.45) is 1.42. The summed E-state index contributed by atoms with van der Waals surface area (Å²) in [5.74, 6) is 0.120. The van der Waals surface area contributed by atoms with Crippen molar-refractivity contribution in [2.75, 3.05) is 0 Å². The summed E-state index contributed by atoms with van der Waals surface area (Å²) in [7, 11) is 1.93. The molecule has 0 aliphatic heterocycles. The SMILES string of the molecule is Cn1c(=NN=Cc2cc(O)ccc2O)sc2ccccc21. The highest BCUT2D eigenvalue weighted by atomic mass is 32.1. The largest absolute Gasteiger partial charge is 0.508 e. The summed E-state index contributed by atoms with van der Waals surface area (Å²) in [5, 5.41) is 27.2. The number of para-hydroxylation sites is 1. The van der Waals surface area contributed by atoms with Gasteiger partial charge in [-0.2, -0.15) is 5.10 Å². The molecule has 1 heterocycles. The van der Waals surface area contributed by atoms with Crippen LogP contribution in [0.1, 0.15) is 5.56 Å². The number of benzene rings is 2. The van der Waals surface area contributed by atoms with E-state index in [2.05, 4.69) is 10.2 Å². The average molecular weight is 299 g/mol. The van der Waals surface area contributed by atoms with Gasteiger partial charge in [0.05, 0.1) is 16.4 Å². The average Bonchev–Trinajstić information content (AvgIpc) is 2.80. The maximum atomic E-state index is 9.65. The van der Waals surface area contributed by atoms with Gasteiger partial charge in [-0.25, -0.2) is 0 Å². The predicted molar refractivity (Wildman–Crippen MR) is 83.7 cm³/mol. The van der Waals surface area contributed by atoms with Crippen molar-refractivity contribution in [1.82, 2.24) is 4.57 Å². The lowest BCUT2D eigenvalue weighted by Gasteiger charge is -1.97. The number of hydrogen-bond donors (Lipinski definition) is 2. The molecule has 0 unspecified atom stereocenters. The molecule has 0 aliphatic rings. The Morgan fingerprint density at radius 3 is 2.76 bits per heavy atom. The van der Waals surface area contributed by atoms with Gasteiger partial charge in [-0.15, -0.1) is 5.10 Å². The van der Waals surface area contributed by atoms with Crippen molar-refractivity contribution in [3.8, 4) is 11.5 Å². The smallest absolute Gasteiger partial charge is 0.211 e. The molecular weight excluding hydrogens is 286 g/mol. The fourth-order valence-electron chi connectivity index (χ4n) is 1.96. The van der Waals surface area contributed by atoms with Crippen LogP contribution < -0.4 is 4.80 Å². The second-order valence-corrected chi connectivity index (χ2v) is 5.51. The van der Waals surface area contributed by atoms with Crippen LogP contribution in [0.3, 0.4) is 0 Å². The number of aryl methyl sites for hydroxylation is 1. The highest BCUT2D eigenvalue weighted by Crippen LogP contribution is 2.20.